The number of fused-ring (bicyclic) bond motifs is 1. The zero-order chi connectivity index (χ0) is 28.6. The smallest absolute Gasteiger partial charge is 0.366 e. The van der Waals surface area contributed by atoms with Crippen LogP contribution >= 0.6 is 11.3 Å². The highest BCUT2D eigenvalue weighted by molar-refractivity contribution is 7.13. The number of aromatic nitrogens is 1. The molecule has 0 unspecified atom stereocenters. The summed E-state index contributed by atoms with van der Waals surface area (Å²) in [7, 11) is 0. The molecule has 0 saturated carbocycles. The average molecular weight is 579 g/mol. The standard InChI is InChI=1S/C32H33F3N4OS/c1-21-12-16-41-30(21)23-8-11-28-26(17-23)27(31(40)39-15-4-5-25(39)20-38-13-2-3-14-38)18-29(37-28)36-19-22-6-9-24(10-7-22)32(33,34)35/h6-12,16-18,25H,2-5,13-15,19-20H2,1H3,(H,36,37)/t25-/m0/s1. The summed E-state index contributed by atoms with van der Waals surface area (Å²) in [5.41, 5.74) is 3.58. The number of pyridine rings is 1. The van der Waals surface area contributed by atoms with Crippen molar-refractivity contribution in [1.29, 1.82) is 0 Å². The van der Waals surface area contributed by atoms with E-state index in [4.69, 9.17) is 4.98 Å². The highest BCUT2D eigenvalue weighted by Gasteiger charge is 2.33. The first-order valence-corrected chi connectivity index (χ1v) is 15.1. The van der Waals surface area contributed by atoms with Crippen molar-refractivity contribution in [2.24, 2.45) is 0 Å². The van der Waals surface area contributed by atoms with Crippen LogP contribution in [0, 0.1) is 6.92 Å². The van der Waals surface area contributed by atoms with Crippen LogP contribution in [0.5, 0.6) is 0 Å². The van der Waals surface area contributed by atoms with Crippen molar-refractivity contribution in [3.05, 3.63) is 82.2 Å². The predicted molar refractivity (Wildman–Crippen MR) is 158 cm³/mol. The van der Waals surface area contributed by atoms with Crippen molar-refractivity contribution in [3.8, 4) is 10.4 Å². The van der Waals surface area contributed by atoms with E-state index < -0.39 is 11.7 Å². The number of nitrogens with one attached hydrogen (secondary N) is 1. The van der Waals surface area contributed by atoms with Gasteiger partial charge >= 0.3 is 6.18 Å². The maximum Gasteiger partial charge on any atom is 0.416 e. The van der Waals surface area contributed by atoms with E-state index in [2.05, 4.69) is 34.7 Å². The quantitative estimate of drug-likeness (QED) is 0.245. The molecule has 5 nitrogen and oxygen atoms in total. The Kier molecular flexibility index (Phi) is 7.74. The topological polar surface area (TPSA) is 48.5 Å². The molecule has 2 saturated heterocycles. The van der Waals surface area contributed by atoms with Crippen molar-refractivity contribution in [2.45, 2.75) is 51.4 Å². The fraction of sp³-hybridized carbons (Fsp3) is 0.375. The number of thiophene rings is 1. The number of hydrogen-bond acceptors (Lipinski definition) is 5. The van der Waals surface area contributed by atoms with E-state index in [0.717, 1.165) is 62.1 Å². The van der Waals surface area contributed by atoms with Gasteiger partial charge in [0.25, 0.3) is 5.91 Å². The lowest BCUT2D eigenvalue weighted by Crippen LogP contribution is -2.42. The van der Waals surface area contributed by atoms with Crippen molar-refractivity contribution >= 4 is 34.0 Å². The summed E-state index contributed by atoms with van der Waals surface area (Å²) in [5.74, 6) is 0.535. The van der Waals surface area contributed by atoms with E-state index in [1.807, 2.05) is 23.1 Å². The fourth-order valence-electron chi connectivity index (χ4n) is 6.02. The molecular weight excluding hydrogens is 545 g/mol. The summed E-state index contributed by atoms with van der Waals surface area (Å²) in [4.78, 5) is 24.7. The summed E-state index contributed by atoms with van der Waals surface area (Å²) in [6.07, 6.45) is 0.0583. The fourth-order valence-corrected chi connectivity index (χ4v) is 6.94. The third-order valence-electron chi connectivity index (χ3n) is 8.22. The molecule has 2 aromatic heterocycles. The number of rotatable bonds is 7. The highest BCUT2D eigenvalue weighted by atomic mass is 32.1. The molecule has 9 heteroatoms. The summed E-state index contributed by atoms with van der Waals surface area (Å²) in [6.45, 7) is 6.21. The highest BCUT2D eigenvalue weighted by Crippen LogP contribution is 2.34. The number of alkyl halides is 3. The number of amides is 1. The van der Waals surface area contributed by atoms with Crippen LogP contribution in [0.15, 0.2) is 60.0 Å². The molecule has 6 rings (SSSR count). The van der Waals surface area contributed by atoms with Crippen molar-refractivity contribution in [2.75, 3.05) is 31.5 Å². The van der Waals surface area contributed by atoms with Gasteiger partial charge in [-0.2, -0.15) is 13.2 Å². The molecule has 0 bridgehead atoms. The van der Waals surface area contributed by atoms with Gasteiger partial charge in [0.1, 0.15) is 5.82 Å². The third-order valence-corrected chi connectivity index (χ3v) is 9.29. The summed E-state index contributed by atoms with van der Waals surface area (Å²) < 4.78 is 39.0. The number of hydrogen-bond donors (Lipinski definition) is 1. The Hall–Kier alpha value is -3.43. The maximum absolute atomic E-state index is 14.2. The maximum atomic E-state index is 14.2. The molecule has 214 valence electrons. The summed E-state index contributed by atoms with van der Waals surface area (Å²) >= 11 is 1.68. The van der Waals surface area contributed by atoms with Crippen LogP contribution in [-0.2, 0) is 12.7 Å². The Balaban J connectivity index is 1.32. The van der Waals surface area contributed by atoms with E-state index in [1.54, 1.807) is 11.3 Å². The summed E-state index contributed by atoms with van der Waals surface area (Å²) in [5, 5.41) is 6.13. The van der Waals surface area contributed by atoms with Gasteiger partial charge in [0, 0.05) is 35.9 Å². The van der Waals surface area contributed by atoms with Crippen molar-refractivity contribution < 1.29 is 18.0 Å². The second-order valence-corrected chi connectivity index (χ2v) is 12.0. The van der Waals surface area contributed by atoms with Gasteiger partial charge < -0.3 is 15.1 Å². The molecule has 4 heterocycles. The first kappa shape index (κ1) is 27.7. The van der Waals surface area contributed by atoms with Gasteiger partial charge in [-0.25, -0.2) is 4.98 Å². The minimum Gasteiger partial charge on any atom is -0.366 e. The molecular formula is C32H33F3N4OS. The SMILES string of the molecule is Cc1ccsc1-c1ccc2nc(NCc3ccc(C(F)(F)F)cc3)cc(C(=O)N3CCC[C@H]3CN3CCCC3)c2c1. The number of halogens is 3. The van der Waals surface area contributed by atoms with Gasteiger partial charge in [-0.05, 0) is 104 Å². The van der Waals surface area contributed by atoms with Gasteiger partial charge in [0.05, 0.1) is 16.6 Å². The third kappa shape index (κ3) is 5.97. The molecule has 1 amide bonds. The number of benzene rings is 2. The first-order valence-electron chi connectivity index (χ1n) is 14.2. The van der Waals surface area contributed by atoms with Crippen molar-refractivity contribution in [3.63, 3.8) is 0 Å². The molecule has 2 aliphatic rings. The molecule has 1 atom stereocenters. The van der Waals surface area contributed by atoms with Gasteiger partial charge in [0.2, 0.25) is 0 Å². The lowest BCUT2D eigenvalue weighted by atomic mass is 10.0. The van der Waals surface area contributed by atoms with E-state index in [-0.39, 0.29) is 18.5 Å². The first-order chi connectivity index (χ1) is 19.8. The van der Waals surface area contributed by atoms with Crippen molar-refractivity contribution in [1.82, 2.24) is 14.8 Å². The van der Waals surface area contributed by atoms with Gasteiger partial charge in [-0.1, -0.05) is 18.2 Å². The lowest BCUT2D eigenvalue weighted by Gasteiger charge is -2.29. The van der Waals surface area contributed by atoms with E-state index >= 15 is 0 Å². The Bertz CT molecular complexity index is 1540. The number of anilines is 1. The van der Waals surface area contributed by atoms with Crippen LogP contribution in [0.1, 0.15) is 52.7 Å². The second kappa shape index (κ2) is 11.4. The Morgan fingerprint density at radius 2 is 1.80 bits per heavy atom. The van der Waals surface area contributed by atoms with E-state index in [1.165, 1.54) is 35.4 Å². The van der Waals surface area contributed by atoms with Crippen LogP contribution in [-0.4, -0.2) is 52.9 Å². The number of likely N-dealkylation sites (tertiary alicyclic amines) is 2. The van der Waals surface area contributed by atoms with E-state index in [9.17, 15) is 18.0 Å². The van der Waals surface area contributed by atoms with Crippen LogP contribution < -0.4 is 5.32 Å². The molecule has 0 aliphatic carbocycles. The predicted octanol–water partition coefficient (Wildman–Crippen LogP) is 7.60. The molecule has 41 heavy (non-hydrogen) atoms. The lowest BCUT2D eigenvalue weighted by molar-refractivity contribution is -0.137. The van der Waals surface area contributed by atoms with E-state index in [0.29, 0.717) is 22.5 Å². The average Bonchev–Trinajstić information content (AvgIpc) is 3.74. The Labute approximate surface area is 242 Å². The molecule has 2 aromatic carbocycles. The normalized spacial score (nSPS) is 18.0. The van der Waals surface area contributed by atoms with Crippen LogP contribution in [0.4, 0.5) is 19.0 Å². The minimum absolute atomic E-state index is 0.0109. The molecule has 0 radical (unpaired) electrons. The van der Waals surface area contributed by atoms with Gasteiger partial charge in [-0.3, -0.25) is 4.79 Å². The van der Waals surface area contributed by atoms with Crippen LogP contribution in [0.25, 0.3) is 21.3 Å². The molecule has 4 aromatic rings. The molecule has 2 aliphatic heterocycles. The monoisotopic (exact) mass is 578 g/mol. The molecule has 2 fully saturated rings. The molecule has 1 N–H and O–H groups in total. The Morgan fingerprint density at radius 1 is 1.02 bits per heavy atom. The number of carbonyl (C=O) groups is 1. The van der Waals surface area contributed by atoms with Gasteiger partial charge in [0.15, 0.2) is 0 Å². The Morgan fingerprint density at radius 3 is 2.51 bits per heavy atom. The number of nitrogens with zero attached hydrogens (tertiary/aromatic N) is 3. The number of aryl methyl sites for hydroxylation is 1. The zero-order valence-electron chi connectivity index (χ0n) is 23.0. The second-order valence-electron chi connectivity index (χ2n) is 11.1. The van der Waals surface area contributed by atoms with Crippen LogP contribution in [0.3, 0.4) is 0 Å². The van der Waals surface area contributed by atoms with Gasteiger partial charge in [-0.15, -0.1) is 11.3 Å². The summed E-state index contributed by atoms with van der Waals surface area (Å²) in [6, 6.07) is 15.3. The largest absolute Gasteiger partial charge is 0.416 e. The number of carbonyl (C=O) groups excluding carboxylic acids is 1. The minimum atomic E-state index is -4.37. The van der Waals surface area contributed by atoms with Crippen LogP contribution in [0.2, 0.25) is 0 Å². The molecule has 0 spiro atoms. The zero-order valence-corrected chi connectivity index (χ0v) is 23.8.